The molecule has 114 valence electrons. The highest BCUT2D eigenvalue weighted by molar-refractivity contribution is 5.86. The summed E-state index contributed by atoms with van der Waals surface area (Å²) in [6.45, 7) is 1.88. The van der Waals surface area contributed by atoms with Crippen molar-refractivity contribution < 1.29 is 24.6 Å². The van der Waals surface area contributed by atoms with Gasteiger partial charge in [-0.1, -0.05) is 37.3 Å². The van der Waals surface area contributed by atoms with Gasteiger partial charge < -0.3 is 20.8 Å². The zero-order chi connectivity index (χ0) is 15.8. The Morgan fingerprint density at radius 2 is 1.71 bits per heavy atom. The lowest BCUT2D eigenvalue weighted by Gasteiger charge is -2.19. The SMILES string of the molecule is CCC(NC(=O)N[C@H](CC(=O)O)C(=O)O)c1ccccc1. The van der Waals surface area contributed by atoms with Crippen LogP contribution in [0.15, 0.2) is 30.3 Å². The van der Waals surface area contributed by atoms with Gasteiger partial charge in [0.2, 0.25) is 0 Å². The topological polar surface area (TPSA) is 116 Å². The summed E-state index contributed by atoms with van der Waals surface area (Å²) in [5.74, 6) is -2.68. The minimum absolute atomic E-state index is 0.273. The average molecular weight is 294 g/mol. The van der Waals surface area contributed by atoms with E-state index in [1.165, 1.54) is 0 Å². The Morgan fingerprint density at radius 1 is 1.10 bits per heavy atom. The fraction of sp³-hybridized carbons (Fsp3) is 0.357. The standard InChI is InChI=1S/C14H18N2O5/c1-2-10(9-6-4-3-5-7-9)15-14(21)16-11(13(19)20)8-12(17)18/h3-7,10-11H,2,8H2,1H3,(H,17,18)(H,19,20)(H2,15,16,21)/t10?,11-/m1/s1. The molecule has 4 N–H and O–H groups in total. The van der Waals surface area contributed by atoms with Gasteiger partial charge in [-0.2, -0.15) is 0 Å². The first-order valence-electron chi connectivity index (χ1n) is 6.50. The van der Waals surface area contributed by atoms with E-state index in [0.717, 1.165) is 5.56 Å². The molecule has 21 heavy (non-hydrogen) atoms. The predicted molar refractivity (Wildman–Crippen MR) is 74.8 cm³/mol. The van der Waals surface area contributed by atoms with Crippen LogP contribution in [0.25, 0.3) is 0 Å². The summed E-state index contributed by atoms with van der Waals surface area (Å²) in [5.41, 5.74) is 0.889. The van der Waals surface area contributed by atoms with Gasteiger partial charge in [0.1, 0.15) is 6.04 Å². The fourth-order valence-corrected chi connectivity index (χ4v) is 1.84. The van der Waals surface area contributed by atoms with Crippen LogP contribution < -0.4 is 10.6 Å². The van der Waals surface area contributed by atoms with Crippen LogP contribution in [0, 0.1) is 0 Å². The Bertz CT molecular complexity index is 503. The van der Waals surface area contributed by atoms with Crippen LogP contribution in [-0.4, -0.2) is 34.2 Å². The van der Waals surface area contributed by atoms with Crippen LogP contribution in [0.2, 0.25) is 0 Å². The van der Waals surface area contributed by atoms with E-state index >= 15 is 0 Å². The van der Waals surface area contributed by atoms with Crippen molar-refractivity contribution >= 4 is 18.0 Å². The second kappa shape index (κ2) is 7.88. The minimum Gasteiger partial charge on any atom is -0.481 e. The summed E-state index contributed by atoms with van der Waals surface area (Å²) in [6.07, 6.45) is -0.0566. The quantitative estimate of drug-likeness (QED) is 0.606. The molecule has 2 atom stereocenters. The first-order chi connectivity index (χ1) is 9.93. The minimum atomic E-state index is -1.46. The third-order valence-electron chi connectivity index (χ3n) is 2.90. The number of carboxylic acids is 2. The molecule has 2 amide bonds. The number of carbonyl (C=O) groups excluding carboxylic acids is 1. The third kappa shape index (κ3) is 5.52. The Hall–Kier alpha value is -2.57. The summed E-state index contributed by atoms with van der Waals surface area (Å²) >= 11 is 0. The molecule has 0 heterocycles. The monoisotopic (exact) mass is 294 g/mol. The molecule has 1 aromatic rings. The van der Waals surface area contributed by atoms with E-state index in [0.29, 0.717) is 6.42 Å². The van der Waals surface area contributed by atoms with E-state index < -0.39 is 30.4 Å². The molecule has 0 saturated carbocycles. The molecule has 1 rings (SSSR count). The van der Waals surface area contributed by atoms with Gasteiger partial charge >= 0.3 is 18.0 Å². The molecule has 0 aliphatic heterocycles. The molecule has 7 nitrogen and oxygen atoms in total. The zero-order valence-electron chi connectivity index (χ0n) is 11.6. The normalized spacial score (nSPS) is 13.0. The third-order valence-corrected chi connectivity index (χ3v) is 2.90. The smallest absolute Gasteiger partial charge is 0.326 e. The van der Waals surface area contributed by atoms with Gasteiger partial charge in [-0.25, -0.2) is 9.59 Å². The Kier molecular flexibility index (Phi) is 6.19. The molecule has 0 spiro atoms. The van der Waals surface area contributed by atoms with Crippen LogP contribution in [0.1, 0.15) is 31.4 Å². The van der Waals surface area contributed by atoms with E-state index in [2.05, 4.69) is 10.6 Å². The van der Waals surface area contributed by atoms with Crippen molar-refractivity contribution in [2.24, 2.45) is 0 Å². The highest BCUT2D eigenvalue weighted by Gasteiger charge is 2.24. The first-order valence-corrected chi connectivity index (χ1v) is 6.50. The first kappa shape index (κ1) is 16.5. The van der Waals surface area contributed by atoms with Gasteiger partial charge in [-0.3, -0.25) is 4.79 Å². The highest BCUT2D eigenvalue weighted by atomic mass is 16.4. The number of carboxylic acid groups (broad SMARTS) is 2. The maximum atomic E-state index is 11.8. The Labute approximate surface area is 122 Å². The van der Waals surface area contributed by atoms with E-state index in [1.807, 2.05) is 37.3 Å². The maximum Gasteiger partial charge on any atom is 0.326 e. The molecule has 0 aliphatic rings. The maximum absolute atomic E-state index is 11.8. The van der Waals surface area contributed by atoms with Crippen molar-refractivity contribution in [2.75, 3.05) is 0 Å². The van der Waals surface area contributed by atoms with Gasteiger partial charge in [-0.15, -0.1) is 0 Å². The number of hydrogen-bond donors (Lipinski definition) is 4. The lowest BCUT2D eigenvalue weighted by atomic mass is 10.1. The molecule has 7 heteroatoms. The molecule has 0 fully saturated rings. The molecule has 0 bridgehead atoms. The number of urea groups is 1. The van der Waals surface area contributed by atoms with Crippen LogP contribution in [0.5, 0.6) is 0 Å². The zero-order valence-corrected chi connectivity index (χ0v) is 11.6. The lowest BCUT2D eigenvalue weighted by molar-refractivity contribution is -0.145. The molecule has 0 saturated heterocycles. The summed E-state index contributed by atoms with van der Waals surface area (Å²) < 4.78 is 0. The predicted octanol–water partition coefficient (Wildman–Crippen LogP) is 1.36. The van der Waals surface area contributed by atoms with Crippen LogP contribution in [0.4, 0.5) is 4.79 Å². The molecular formula is C14H18N2O5. The molecule has 1 unspecified atom stereocenters. The molecular weight excluding hydrogens is 276 g/mol. The van der Waals surface area contributed by atoms with Crippen molar-refractivity contribution in [3.63, 3.8) is 0 Å². The summed E-state index contributed by atoms with van der Waals surface area (Å²) in [7, 11) is 0. The second-order valence-corrected chi connectivity index (χ2v) is 4.48. The Morgan fingerprint density at radius 3 is 2.19 bits per heavy atom. The van der Waals surface area contributed by atoms with Crippen LogP contribution >= 0.6 is 0 Å². The highest BCUT2D eigenvalue weighted by Crippen LogP contribution is 2.15. The van der Waals surface area contributed by atoms with Crippen molar-refractivity contribution in [2.45, 2.75) is 31.8 Å². The number of nitrogens with one attached hydrogen (secondary N) is 2. The average Bonchev–Trinajstić information content (AvgIpc) is 2.44. The lowest BCUT2D eigenvalue weighted by Crippen LogP contribution is -2.47. The van der Waals surface area contributed by atoms with Gasteiger partial charge in [0.05, 0.1) is 12.5 Å². The van der Waals surface area contributed by atoms with E-state index in [4.69, 9.17) is 10.2 Å². The van der Waals surface area contributed by atoms with Crippen LogP contribution in [0.3, 0.4) is 0 Å². The van der Waals surface area contributed by atoms with E-state index in [1.54, 1.807) is 0 Å². The van der Waals surface area contributed by atoms with E-state index in [9.17, 15) is 14.4 Å². The van der Waals surface area contributed by atoms with Crippen molar-refractivity contribution in [1.82, 2.24) is 10.6 Å². The number of benzene rings is 1. The summed E-state index contributed by atoms with van der Waals surface area (Å²) in [5, 5.41) is 22.3. The van der Waals surface area contributed by atoms with Crippen LogP contribution in [-0.2, 0) is 9.59 Å². The number of carbonyl (C=O) groups is 3. The molecule has 0 aliphatic carbocycles. The number of amides is 2. The number of hydrogen-bond acceptors (Lipinski definition) is 3. The molecule has 0 radical (unpaired) electrons. The van der Waals surface area contributed by atoms with Gasteiger partial charge in [-0.05, 0) is 12.0 Å². The Balaban J connectivity index is 2.66. The van der Waals surface area contributed by atoms with Crippen molar-refractivity contribution in [3.05, 3.63) is 35.9 Å². The summed E-state index contributed by atoms with van der Waals surface area (Å²) in [6, 6.07) is 6.77. The van der Waals surface area contributed by atoms with Gasteiger partial charge in [0, 0.05) is 0 Å². The number of rotatable bonds is 7. The number of aliphatic carboxylic acids is 2. The summed E-state index contributed by atoms with van der Waals surface area (Å²) in [4.78, 5) is 33.3. The largest absolute Gasteiger partial charge is 0.481 e. The molecule has 0 aromatic heterocycles. The van der Waals surface area contributed by atoms with Gasteiger partial charge in [0.25, 0.3) is 0 Å². The fourth-order valence-electron chi connectivity index (χ4n) is 1.84. The van der Waals surface area contributed by atoms with Crippen molar-refractivity contribution in [1.29, 1.82) is 0 Å². The van der Waals surface area contributed by atoms with Crippen molar-refractivity contribution in [3.8, 4) is 0 Å². The van der Waals surface area contributed by atoms with E-state index in [-0.39, 0.29) is 6.04 Å². The van der Waals surface area contributed by atoms with Gasteiger partial charge in [0.15, 0.2) is 0 Å². The second-order valence-electron chi connectivity index (χ2n) is 4.48. The molecule has 1 aromatic carbocycles.